The van der Waals surface area contributed by atoms with Crippen LogP contribution in [0.3, 0.4) is 0 Å². The first-order chi connectivity index (χ1) is 20.1. The number of sulfonamides is 1. The number of aromatic nitrogens is 2. The van der Waals surface area contributed by atoms with Crippen LogP contribution in [0.25, 0.3) is 38.1 Å². The van der Waals surface area contributed by atoms with Crippen molar-refractivity contribution in [2.75, 3.05) is 14.2 Å². The minimum absolute atomic E-state index is 0.00580. The number of methoxy groups -OCH3 is 2. The van der Waals surface area contributed by atoms with Crippen LogP contribution in [0.2, 0.25) is 0 Å². The highest BCUT2D eigenvalue weighted by atomic mass is 32.2. The summed E-state index contributed by atoms with van der Waals surface area (Å²) in [5.74, 6) is 0.874. The Morgan fingerprint density at radius 3 is 2.45 bits per heavy atom. The largest absolute Gasteiger partial charge is 0.493 e. The van der Waals surface area contributed by atoms with Gasteiger partial charge >= 0.3 is 0 Å². The Balaban J connectivity index is 1.33. The van der Waals surface area contributed by atoms with Crippen molar-refractivity contribution in [3.63, 3.8) is 0 Å². The standard InChI is InChI=1S/C30H26N4O7S/c1-16(29(35)33-15-17-4-7-19(8-5-17)42(31,37)38)41-18-6-10-23-22(14-18)20-12-13-32-26-21-9-11-24(39-2)28(40-3)25(21)30(36)34(23)27(20)26/h4-14,16H,15H2,1-3H3,(H,33,35)(H2,31,37,38)/t16-/m1/s1. The van der Waals surface area contributed by atoms with Gasteiger partial charge in [0, 0.05) is 28.9 Å². The number of rotatable bonds is 8. The number of ether oxygens (including phenoxy) is 3. The molecule has 0 fully saturated rings. The van der Waals surface area contributed by atoms with Crippen molar-refractivity contribution in [2.45, 2.75) is 24.5 Å². The van der Waals surface area contributed by atoms with E-state index in [-0.39, 0.29) is 22.9 Å². The molecule has 0 unspecified atom stereocenters. The molecule has 0 spiro atoms. The van der Waals surface area contributed by atoms with Crippen molar-refractivity contribution in [2.24, 2.45) is 5.14 Å². The number of fused-ring (bicyclic) bond motifs is 5. The topological polar surface area (TPSA) is 151 Å². The molecule has 42 heavy (non-hydrogen) atoms. The van der Waals surface area contributed by atoms with Crippen LogP contribution in [-0.4, -0.2) is 44.0 Å². The minimum atomic E-state index is -3.79. The molecule has 3 aromatic carbocycles. The molecule has 0 aliphatic rings. The van der Waals surface area contributed by atoms with E-state index in [4.69, 9.17) is 19.3 Å². The van der Waals surface area contributed by atoms with Crippen molar-refractivity contribution in [1.29, 1.82) is 0 Å². The zero-order valence-electron chi connectivity index (χ0n) is 22.9. The first kappa shape index (κ1) is 27.2. The summed E-state index contributed by atoms with van der Waals surface area (Å²) in [6.07, 6.45) is 0.853. The van der Waals surface area contributed by atoms with Crippen molar-refractivity contribution in [1.82, 2.24) is 14.7 Å². The van der Waals surface area contributed by atoms with Crippen molar-refractivity contribution < 1.29 is 27.4 Å². The molecule has 1 amide bonds. The van der Waals surface area contributed by atoms with Gasteiger partial charge in [0.15, 0.2) is 17.6 Å². The SMILES string of the molecule is COc1ccc2c(c1OC)c(=O)n1c3ccc(O[C@H](C)C(=O)NCc4ccc(S(N)(=O)=O)cc4)cc3c3ccnc2c31. The molecular weight excluding hydrogens is 560 g/mol. The lowest BCUT2D eigenvalue weighted by molar-refractivity contribution is -0.127. The summed E-state index contributed by atoms with van der Waals surface area (Å²) in [5, 5.41) is 10.5. The molecule has 0 radical (unpaired) electrons. The van der Waals surface area contributed by atoms with Crippen LogP contribution in [-0.2, 0) is 21.4 Å². The van der Waals surface area contributed by atoms with Crippen LogP contribution < -0.4 is 30.2 Å². The van der Waals surface area contributed by atoms with Gasteiger partial charge in [0.25, 0.3) is 11.5 Å². The lowest BCUT2D eigenvalue weighted by atomic mass is 10.1. The maximum atomic E-state index is 13.9. The molecular formula is C30H26N4O7S. The van der Waals surface area contributed by atoms with Crippen LogP contribution in [0.4, 0.5) is 0 Å². The first-order valence-corrected chi connectivity index (χ1v) is 14.5. The first-order valence-electron chi connectivity index (χ1n) is 12.9. The van der Waals surface area contributed by atoms with Crippen LogP contribution in [0.1, 0.15) is 12.5 Å². The Kier molecular flexibility index (Phi) is 6.59. The number of benzene rings is 3. The van der Waals surface area contributed by atoms with Crippen molar-refractivity contribution >= 4 is 54.0 Å². The Morgan fingerprint density at radius 2 is 1.76 bits per heavy atom. The summed E-state index contributed by atoms with van der Waals surface area (Å²) < 4.78 is 41.5. The quantitative estimate of drug-likeness (QED) is 0.258. The van der Waals surface area contributed by atoms with E-state index in [2.05, 4.69) is 10.3 Å². The third kappa shape index (κ3) is 4.41. The third-order valence-electron chi connectivity index (χ3n) is 7.27. The van der Waals surface area contributed by atoms with Gasteiger partial charge in [-0.2, -0.15) is 0 Å². The zero-order valence-corrected chi connectivity index (χ0v) is 23.7. The number of nitrogens with one attached hydrogen (secondary N) is 1. The molecule has 0 aliphatic carbocycles. The van der Waals surface area contributed by atoms with Gasteiger partial charge in [-0.1, -0.05) is 12.1 Å². The van der Waals surface area contributed by atoms with E-state index in [9.17, 15) is 18.0 Å². The monoisotopic (exact) mass is 586 g/mol. The fourth-order valence-electron chi connectivity index (χ4n) is 5.26. The Hall–Kier alpha value is -4.94. The molecule has 0 bridgehead atoms. The van der Waals surface area contributed by atoms with E-state index in [1.54, 1.807) is 60.0 Å². The minimum Gasteiger partial charge on any atom is -0.493 e. The summed E-state index contributed by atoms with van der Waals surface area (Å²) in [7, 11) is -0.781. The maximum Gasteiger partial charge on any atom is 0.267 e. The number of hydrogen-bond donors (Lipinski definition) is 2. The van der Waals surface area contributed by atoms with Gasteiger partial charge in [0.05, 0.1) is 41.1 Å². The number of primary sulfonamides is 1. The van der Waals surface area contributed by atoms with Gasteiger partial charge < -0.3 is 19.5 Å². The number of pyridine rings is 2. The second kappa shape index (κ2) is 10.2. The molecule has 3 heterocycles. The van der Waals surface area contributed by atoms with Gasteiger partial charge in [0.2, 0.25) is 10.0 Å². The van der Waals surface area contributed by atoms with Crippen molar-refractivity contribution in [3.8, 4) is 17.2 Å². The molecule has 0 saturated heterocycles. The number of carbonyl (C=O) groups excluding carboxylic acids is 1. The molecule has 0 saturated carbocycles. The third-order valence-corrected chi connectivity index (χ3v) is 8.19. The van der Waals surface area contributed by atoms with Crippen LogP contribution in [0, 0.1) is 0 Å². The fourth-order valence-corrected chi connectivity index (χ4v) is 5.78. The molecule has 3 N–H and O–H groups in total. The van der Waals surface area contributed by atoms with E-state index in [0.29, 0.717) is 50.1 Å². The zero-order chi connectivity index (χ0) is 29.8. The number of carbonyl (C=O) groups is 1. The van der Waals surface area contributed by atoms with E-state index >= 15 is 0 Å². The van der Waals surface area contributed by atoms with Gasteiger partial charge in [-0.25, -0.2) is 13.6 Å². The molecule has 11 nitrogen and oxygen atoms in total. The van der Waals surface area contributed by atoms with Gasteiger partial charge in [0.1, 0.15) is 5.75 Å². The highest BCUT2D eigenvalue weighted by molar-refractivity contribution is 7.89. The smallest absolute Gasteiger partial charge is 0.267 e. The normalized spacial score (nSPS) is 12.7. The lowest BCUT2D eigenvalue weighted by Crippen LogP contribution is -2.35. The molecule has 0 aliphatic heterocycles. The molecule has 1 atom stereocenters. The lowest BCUT2D eigenvalue weighted by Gasteiger charge is -2.15. The van der Waals surface area contributed by atoms with Crippen LogP contribution in [0.15, 0.2) is 76.6 Å². The molecule has 6 aromatic rings. The highest BCUT2D eigenvalue weighted by Crippen LogP contribution is 2.39. The average Bonchev–Trinajstić information content (AvgIpc) is 3.32. The number of hydrogen-bond acceptors (Lipinski definition) is 8. The Bertz CT molecular complexity index is 2180. The molecule has 3 aromatic heterocycles. The predicted octanol–water partition coefficient (Wildman–Crippen LogP) is 3.34. The second-order valence-electron chi connectivity index (χ2n) is 9.77. The highest BCUT2D eigenvalue weighted by Gasteiger charge is 2.23. The van der Waals surface area contributed by atoms with Gasteiger partial charge in [-0.3, -0.25) is 19.0 Å². The Morgan fingerprint density at radius 1 is 1.00 bits per heavy atom. The number of nitrogens with two attached hydrogens (primary N) is 1. The van der Waals surface area contributed by atoms with Crippen molar-refractivity contribution in [3.05, 3.63) is 82.8 Å². The summed E-state index contributed by atoms with van der Waals surface area (Å²) in [5.41, 5.74) is 2.42. The van der Waals surface area contributed by atoms with Gasteiger partial charge in [-0.05, 0) is 61.0 Å². The second-order valence-corrected chi connectivity index (χ2v) is 11.3. The van der Waals surface area contributed by atoms with Crippen LogP contribution in [0.5, 0.6) is 17.2 Å². The summed E-state index contributed by atoms with van der Waals surface area (Å²) >= 11 is 0. The molecule has 6 rings (SSSR count). The molecule has 12 heteroatoms. The van der Waals surface area contributed by atoms with Crippen LogP contribution >= 0.6 is 0 Å². The summed E-state index contributed by atoms with van der Waals surface area (Å²) in [6.45, 7) is 1.81. The Labute approximate surface area is 239 Å². The predicted molar refractivity (Wildman–Crippen MR) is 158 cm³/mol. The number of amides is 1. The summed E-state index contributed by atoms with van der Waals surface area (Å²) in [6, 6.07) is 16.6. The summed E-state index contributed by atoms with van der Waals surface area (Å²) in [4.78, 5) is 31.3. The van der Waals surface area contributed by atoms with Gasteiger partial charge in [-0.15, -0.1) is 0 Å². The van der Waals surface area contributed by atoms with E-state index in [1.165, 1.54) is 26.4 Å². The average molecular weight is 587 g/mol. The van der Waals surface area contributed by atoms with E-state index in [0.717, 1.165) is 10.8 Å². The number of nitrogens with zero attached hydrogens (tertiary/aromatic N) is 2. The molecule has 214 valence electrons. The maximum absolute atomic E-state index is 13.9. The van der Waals surface area contributed by atoms with E-state index in [1.807, 2.05) is 6.07 Å². The fraction of sp³-hybridized carbons (Fsp3) is 0.167. The van der Waals surface area contributed by atoms with E-state index < -0.39 is 16.1 Å².